The molecule has 0 unspecified atom stereocenters. The number of hydrogen-bond acceptors (Lipinski definition) is 8. The number of nitrogens with zero attached hydrogens (tertiary/aromatic N) is 3. The molecule has 0 spiro atoms. The van der Waals surface area contributed by atoms with Gasteiger partial charge in [-0.25, -0.2) is 15.4 Å². The molecule has 0 bridgehead atoms. The number of carbonyl (C=O) groups is 2. The number of allylic oxidation sites excluding steroid dienone is 3. The van der Waals surface area contributed by atoms with Crippen LogP contribution < -0.4 is 11.2 Å². The number of rotatable bonds is 15. The molecule has 8 nitrogen and oxygen atoms in total. The number of aryl methyl sites for hydroxylation is 1. The molecule has 1 amide bonds. The van der Waals surface area contributed by atoms with Crippen LogP contribution in [0.25, 0.3) is 5.57 Å². The molecular formula is C34H49N5O3S. The highest BCUT2D eigenvalue weighted by atomic mass is 32.2. The zero-order valence-electron chi connectivity index (χ0n) is 27.3. The highest BCUT2D eigenvalue weighted by Crippen LogP contribution is 2.44. The van der Waals surface area contributed by atoms with Gasteiger partial charge in [-0.15, -0.1) is 11.8 Å². The summed E-state index contributed by atoms with van der Waals surface area (Å²) in [5.41, 5.74) is 11.5. The Morgan fingerprint density at radius 3 is 2.40 bits per heavy atom. The first kappa shape index (κ1) is 35.9. The van der Waals surface area contributed by atoms with E-state index in [2.05, 4.69) is 38.4 Å². The van der Waals surface area contributed by atoms with Crippen LogP contribution >= 0.6 is 11.8 Å². The molecule has 2 rings (SSSR count). The number of amides is 1. The van der Waals surface area contributed by atoms with Crippen LogP contribution in [0.1, 0.15) is 122 Å². The number of pyridine rings is 1. The molecular weight excluding hydrogens is 558 g/mol. The summed E-state index contributed by atoms with van der Waals surface area (Å²) in [6.45, 7) is 21.9. The third-order valence-corrected chi connectivity index (χ3v) is 8.89. The van der Waals surface area contributed by atoms with Gasteiger partial charge >= 0.3 is 0 Å². The molecule has 9 heteroatoms. The van der Waals surface area contributed by atoms with E-state index < -0.39 is 16.7 Å². The predicted molar refractivity (Wildman–Crippen MR) is 178 cm³/mol. The average molecular weight is 608 g/mol. The zero-order valence-corrected chi connectivity index (χ0v) is 28.1. The van der Waals surface area contributed by atoms with Crippen molar-refractivity contribution in [2.75, 3.05) is 5.73 Å². The Kier molecular flexibility index (Phi) is 12.9. The lowest BCUT2D eigenvalue weighted by Gasteiger charge is -2.32. The van der Waals surface area contributed by atoms with Crippen LogP contribution in [0.15, 0.2) is 46.9 Å². The van der Waals surface area contributed by atoms with Gasteiger partial charge in [0.1, 0.15) is 11.6 Å². The van der Waals surface area contributed by atoms with Crippen molar-refractivity contribution < 1.29 is 14.8 Å². The van der Waals surface area contributed by atoms with Crippen LogP contribution in [0.2, 0.25) is 0 Å². The molecule has 43 heavy (non-hydrogen) atoms. The highest BCUT2D eigenvalue weighted by Gasteiger charge is 2.41. The molecule has 2 aromatic heterocycles. The van der Waals surface area contributed by atoms with E-state index in [-0.39, 0.29) is 17.5 Å². The maximum Gasteiger partial charge on any atom is 0.249 e. The molecule has 0 saturated heterocycles. The molecule has 2 heterocycles. The minimum absolute atomic E-state index is 0.0104. The van der Waals surface area contributed by atoms with Gasteiger partial charge in [0.15, 0.2) is 5.82 Å². The van der Waals surface area contributed by atoms with Crippen LogP contribution in [-0.4, -0.2) is 31.8 Å². The van der Waals surface area contributed by atoms with Gasteiger partial charge in [-0.2, -0.15) is 0 Å². The second kappa shape index (κ2) is 15.4. The number of Topliss-reactive ketones (excluding diaryl/α,β-unsaturated/α-hetero) is 1. The highest BCUT2D eigenvalue weighted by molar-refractivity contribution is 8.05. The van der Waals surface area contributed by atoms with E-state index >= 15 is 0 Å². The van der Waals surface area contributed by atoms with Gasteiger partial charge in [-0.1, -0.05) is 72.8 Å². The molecule has 0 aromatic carbocycles. The first-order valence-electron chi connectivity index (χ1n) is 15.0. The summed E-state index contributed by atoms with van der Waals surface area (Å²) >= 11 is 1.36. The zero-order chi connectivity index (χ0) is 32.5. The first-order valence-corrected chi connectivity index (χ1v) is 15.9. The van der Waals surface area contributed by atoms with Crippen LogP contribution in [0.5, 0.6) is 0 Å². The fourth-order valence-corrected chi connectivity index (χ4v) is 6.21. The second-order valence-electron chi connectivity index (χ2n) is 12.0. The quantitative estimate of drug-likeness (QED) is 0.138. The lowest BCUT2D eigenvalue weighted by Crippen LogP contribution is -2.36. The van der Waals surface area contributed by atoms with E-state index in [9.17, 15) is 9.59 Å². The Balaban J connectivity index is 2.65. The number of hydrogen-bond donors (Lipinski definition) is 3. The number of nitrogens with one attached hydrogen (secondary N) is 1. The molecule has 0 radical (unpaired) electrons. The van der Waals surface area contributed by atoms with Crippen molar-refractivity contribution in [2.24, 2.45) is 5.41 Å². The lowest BCUT2D eigenvalue weighted by molar-refractivity contribution is -0.138. The molecule has 2 aromatic rings. The fourth-order valence-electron chi connectivity index (χ4n) is 5.20. The third-order valence-electron chi connectivity index (χ3n) is 7.74. The van der Waals surface area contributed by atoms with Crippen LogP contribution in [0, 0.1) is 12.3 Å². The summed E-state index contributed by atoms with van der Waals surface area (Å²) in [6.07, 6.45) is 6.80. The number of thioether (sulfide) groups is 1. The summed E-state index contributed by atoms with van der Waals surface area (Å²) < 4.78 is 0. The monoisotopic (exact) mass is 607 g/mol. The number of hydroxylamine groups is 1. The molecule has 0 aliphatic heterocycles. The minimum atomic E-state index is -1.15. The van der Waals surface area contributed by atoms with Crippen molar-refractivity contribution in [3.05, 3.63) is 75.2 Å². The molecule has 234 valence electrons. The second-order valence-corrected chi connectivity index (χ2v) is 12.9. The van der Waals surface area contributed by atoms with Crippen LogP contribution in [-0.2, 0) is 15.0 Å². The fraction of sp³-hybridized carbons (Fsp3) is 0.500. The van der Waals surface area contributed by atoms with E-state index in [4.69, 9.17) is 20.9 Å². The normalized spacial score (nSPS) is 14.0. The average Bonchev–Trinajstić information content (AvgIpc) is 2.96. The Bertz CT molecular complexity index is 1370. The molecule has 0 saturated carbocycles. The van der Waals surface area contributed by atoms with Crippen molar-refractivity contribution >= 4 is 34.8 Å². The number of anilines is 1. The maximum absolute atomic E-state index is 13.8. The Morgan fingerprint density at radius 2 is 1.86 bits per heavy atom. The van der Waals surface area contributed by atoms with E-state index in [0.29, 0.717) is 47.7 Å². The predicted octanol–water partition coefficient (Wildman–Crippen LogP) is 7.82. The van der Waals surface area contributed by atoms with Crippen molar-refractivity contribution in [3.8, 4) is 0 Å². The number of nitrogen functional groups attached to an aromatic ring is 1. The standard InChI is InChI=1S/C34H49N5O3S/c1-11-15-26(25-17-14-18-36-29(25)21(4)5)31-37-22(6)28(30(35)38-31)34(10,27(40)16-12-2)23(7)43-20-24(13-3)19-33(8,9)32(41)39-42/h14-15,17-18,20-21,42H,7,11-13,16,19H2,1-6,8-10H3,(H,39,41)(H2,35,37,38)/b24-20+,26-15-/t34-/m1/s1. The van der Waals surface area contributed by atoms with Gasteiger partial charge in [0, 0.05) is 40.4 Å². The number of carbonyl (C=O) groups excluding carboxylic acids is 2. The van der Waals surface area contributed by atoms with Gasteiger partial charge in [-0.3, -0.25) is 19.8 Å². The van der Waals surface area contributed by atoms with Gasteiger partial charge < -0.3 is 5.73 Å². The van der Waals surface area contributed by atoms with Gasteiger partial charge in [0.25, 0.3) is 0 Å². The first-order chi connectivity index (χ1) is 20.2. The third kappa shape index (κ3) is 8.21. The van der Waals surface area contributed by atoms with E-state index in [1.165, 1.54) is 11.8 Å². The smallest absolute Gasteiger partial charge is 0.249 e. The molecule has 0 aliphatic rings. The Hall–Kier alpha value is -3.30. The number of ketones is 1. The molecule has 0 aliphatic carbocycles. The number of nitrogens with two attached hydrogens (primary N) is 1. The van der Waals surface area contributed by atoms with Crippen molar-refractivity contribution in [2.45, 2.75) is 106 Å². The molecule has 0 fully saturated rings. The molecule has 1 atom stereocenters. The summed E-state index contributed by atoms with van der Waals surface area (Å²) in [5.74, 6) is 0.478. The lowest BCUT2D eigenvalue weighted by atomic mass is 9.76. The van der Waals surface area contributed by atoms with E-state index in [1.807, 2.05) is 45.2 Å². The van der Waals surface area contributed by atoms with Gasteiger partial charge in [-0.05, 0) is 61.8 Å². The van der Waals surface area contributed by atoms with Crippen LogP contribution in [0.3, 0.4) is 0 Å². The Morgan fingerprint density at radius 1 is 1.19 bits per heavy atom. The SMILES string of the molecule is C=C(S/C=C(\CC)CC(C)(C)C(=O)NO)[C@](C)(C(=O)CCC)c1c(C)nc(/C(=C\CC)c2cccnc2C(C)C)nc1N. The summed E-state index contributed by atoms with van der Waals surface area (Å²) in [5, 5.41) is 11.1. The number of aromatic nitrogens is 3. The minimum Gasteiger partial charge on any atom is -0.383 e. The summed E-state index contributed by atoms with van der Waals surface area (Å²) in [4.78, 5) is 41.0. The van der Waals surface area contributed by atoms with Crippen molar-refractivity contribution in [1.29, 1.82) is 0 Å². The van der Waals surface area contributed by atoms with Crippen LogP contribution in [0.4, 0.5) is 5.82 Å². The summed E-state index contributed by atoms with van der Waals surface area (Å²) in [7, 11) is 0. The van der Waals surface area contributed by atoms with Gasteiger partial charge in [0.05, 0.1) is 11.1 Å². The van der Waals surface area contributed by atoms with E-state index in [1.54, 1.807) is 25.5 Å². The van der Waals surface area contributed by atoms with Gasteiger partial charge in [0.2, 0.25) is 5.91 Å². The van der Waals surface area contributed by atoms with E-state index in [0.717, 1.165) is 28.8 Å². The Labute approximate surface area is 261 Å². The largest absolute Gasteiger partial charge is 0.383 e. The molecule has 4 N–H and O–H groups in total. The maximum atomic E-state index is 13.8. The summed E-state index contributed by atoms with van der Waals surface area (Å²) in [6, 6.07) is 3.94. The van der Waals surface area contributed by atoms with Crippen molar-refractivity contribution in [1.82, 2.24) is 20.4 Å². The van der Waals surface area contributed by atoms with Crippen molar-refractivity contribution in [3.63, 3.8) is 0 Å². The topological polar surface area (TPSA) is 131 Å².